The molecule has 12 heavy (non-hydrogen) atoms. The maximum absolute atomic E-state index is 10.8. The van der Waals surface area contributed by atoms with Gasteiger partial charge in [-0.3, -0.25) is 14.4 Å². The van der Waals surface area contributed by atoms with E-state index in [0.29, 0.717) is 5.82 Å². The molecule has 0 unspecified atom stereocenters. The van der Waals surface area contributed by atoms with Gasteiger partial charge in [-0.05, 0) is 18.5 Å². The van der Waals surface area contributed by atoms with E-state index in [2.05, 4.69) is 5.10 Å². The fourth-order valence-corrected chi connectivity index (χ4v) is 1.09. The maximum atomic E-state index is 10.8. The Morgan fingerprint density at radius 3 is 2.67 bits per heavy atom. The summed E-state index contributed by atoms with van der Waals surface area (Å²) in [5.74, 6) is 0.688. The van der Waals surface area contributed by atoms with Crippen molar-refractivity contribution in [1.82, 2.24) is 9.78 Å². The molecule has 1 aromatic heterocycles. The predicted octanol–water partition coefficient (Wildman–Crippen LogP) is 1.52. The van der Waals surface area contributed by atoms with E-state index in [1.807, 2.05) is 6.92 Å². The Hall–Kier alpha value is -1.03. The van der Waals surface area contributed by atoms with Crippen LogP contribution in [0.3, 0.4) is 0 Å². The van der Waals surface area contributed by atoms with Crippen molar-refractivity contribution < 1.29 is 4.79 Å². The minimum Gasteiger partial charge on any atom is -0.286 e. The Morgan fingerprint density at radius 1 is 1.75 bits per heavy atom. The van der Waals surface area contributed by atoms with Crippen LogP contribution in [0.4, 0.5) is 10.6 Å². The molecular weight excluding hydrogens is 178 g/mol. The number of rotatable bonds is 1. The molecule has 1 amide bonds. The van der Waals surface area contributed by atoms with Gasteiger partial charge in [0.2, 0.25) is 0 Å². The molecule has 0 N–H and O–H groups in total. The van der Waals surface area contributed by atoms with Gasteiger partial charge in [0.05, 0.1) is 5.69 Å². The van der Waals surface area contributed by atoms with Crippen LogP contribution in [-0.2, 0) is 7.05 Å². The fourth-order valence-electron chi connectivity index (χ4n) is 1.00. The summed E-state index contributed by atoms with van der Waals surface area (Å²) < 4.78 is 1.61. The fraction of sp³-hybridized carbons (Fsp3) is 0.429. The van der Waals surface area contributed by atoms with E-state index in [9.17, 15) is 4.79 Å². The van der Waals surface area contributed by atoms with Crippen LogP contribution in [-0.4, -0.2) is 22.2 Å². The second-order valence-corrected chi connectivity index (χ2v) is 2.90. The zero-order valence-electron chi connectivity index (χ0n) is 7.21. The molecular formula is C7H10ClN3O. The molecule has 1 heterocycles. The first kappa shape index (κ1) is 9.06. The van der Waals surface area contributed by atoms with Gasteiger partial charge in [-0.15, -0.1) is 0 Å². The lowest BCUT2D eigenvalue weighted by molar-refractivity contribution is 0.265. The van der Waals surface area contributed by atoms with E-state index in [1.165, 1.54) is 4.90 Å². The smallest absolute Gasteiger partial charge is 0.286 e. The highest BCUT2D eigenvalue weighted by Crippen LogP contribution is 2.14. The van der Waals surface area contributed by atoms with Gasteiger partial charge in [-0.2, -0.15) is 5.10 Å². The average Bonchev–Trinajstić information content (AvgIpc) is 2.28. The molecule has 0 aliphatic rings. The summed E-state index contributed by atoms with van der Waals surface area (Å²) >= 11 is 5.29. The lowest BCUT2D eigenvalue weighted by Crippen LogP contribution is -2.22. The molecule has 0 aromatic carbocycles. The standard InChI is InChI=1S/C7H10ClN3O/c1-5-4-6(11(3)9-5)10(2)7(8)12/h4H,1-3H3. The first-order valence-corrected chi connectivity index (χ1v) is 3.84. The minimum atomic E-state index is -0.516. The predicted molar refractivity (Wildman–Crippen MR) is 47.6 cm³/mol. The van der Waals surface area contributed by atoms with Crippen LogP contribution in [0.2, 0.25) is 0 Å². The van der Waals surface area contributed by atoms with E-state index in [0.717, 1.165) is 5.69 Å². The minimum absolute atomic E-state index is 0.516. The summed E-state index contributed by atoms with van der Waals surface area (Å²) in [4.78, 5) is 12.1. The molecule has 66 valence electrons. The lowest BCUT2D eigenvalue weighted by Gasteiger charge is -2.11. The number of carbonyl (C=O) groups excluding carboxylic acids is 1. The van der Waals surface area contributed by atoms with E-state index < -0.39 is 5.37 Å². The summed E-state index contributed by atoms with van der Waals surface area (Å²) in [7, 11) is 3.37. The van der Waals surface area contributed by atoms with Crippen LogP contribution < -0.4 is 4.90 Å². The van der Waals surface area contributed by atoms with Gasteiger partial charge in [0, 0.05) is 20.2 Å². The number of nitrogens with zero attached hydrogens (tertiary/aromatic N) is 3. The maximum Gasteiger partial charge on any atom is 0.321 e. The van der Waals surface area contributed by atoms with Crippen LogP contribution in [0.1, 0.15) is 5.69 Å². The van der Waals surface area contributed by atoms with Gasteiger partial charge in [-0.1, -0.05) is 0 Å². The third-order valence-electron chi connectivity index (χ3n) is 1.58. The summed E-state index contributed by atoms with van der Waals surface area (Å²) in [5, 5.41) is 3.56. The number of carbonyl (C=O) groups is 1. The van der Waals surface area contributed by atoms with E-state index in [4.69, 9.17) is 11.6 Å². The summed E-state index contributed by atoms with van der Waals surface area (Å²) in [6, 6.07) is 1.79. The van der Waals surface area contributed by atoms with Crippen molar-refractivity contribution in [2.75, 3.05) is 11.9 Å². The normalized spacial score (nSPS) is 10.0. The third kappa shape index (κ3) is 1.58. The van der Waals surface area contributed by atoms with Gasteiger partial charge in [0.25, 0.3) is 0 Å². The Labute approximate surface area is 75.7 Å². The number of hydrogen-bond donors (Lipinski definition) is 0. The Bertz CT molecular complexity index is 308. The van der Waals surface area contributed by atoms with Crippen molar-refractivity contribution in [3.8, 4) is 0 Å². The number of amides is 1. The monoisotopic (exact) mass is 187 g/mol. The number of hydrogen-bond acceptors (Lipinski definition) is 2. The highest BCUT2D eigenvalue weighted by molar-refractivity contribution is 6.66. The number of halogens is 1. The van der Waals surface area contributed by atoms with Crippen LogP contribution in [0.5, 0.6) is 0 Å². The SMILES string of the molecule is Cc1cc(N(C)C(=O)Cl)n(C)n1. The lowest BCUT2D eigenvalue weighted by atomic mass is 10.4. The molecule has 0 spiro atoms. The van der Waals surface area contributed by atoms with Gasteiger partial charge in [0.1, 0.15) is 5.82 Å². The second-order valence-electron chi connectivity index (χ2n) is 2.58. The van der Waals surface area contributed by atoms with Crippen molar-refractivity contribution in [3.05, 3.63) is 11.8 Å². The molecule has 0 atom stereocenters. The largest absolute Gasteiger partial charge is 0.321 e. The zero-order valence-corrected chi connectivity index (χ0v) is 7.96. The molecule has 1 rings (SSSR count). The van der Waals surface area contributed by atoms with Gasteiger partial charge >= 0.3 is 5.37 Å². The summed E-state index contributed by atoms with van der Waals surface area (Å²) in [6.45, 7) is 1.86. The van der Waals surface area contributed by atoms with E-state index in [1.54, 1.807) is 24.8 Å². The highest BCUT2D eigenvalue weighted by Gasteiger charge is 2.11. The van der Waals surface area contributed by atoms with Crippen molar-refractivity contribution in [1.29, 1.82) is 0 Å². The van der Waals surface area contributed by atoms with Crippen molar-refractivity contribution in [3.63, 3.8) is 0 Å². The van der Waals surface area contributed by atoms with Crippen molar-refractivity contribution in [2.24, 2.45) is 7.05 Å². The summed E-state index contributed by atoms with van der Waals surface area (Å²) in [5.41, 5.74) is 0.859. The van der Waals surface area contributed by atoms with Crippen LogP contribution in [0.15, 0.2) is 6.07 Å². The van der Waals surface area contributed by atoms with E-state index in [-0.39, 0.29) is 0 Å². The molecule has 0 aliphatic heterocycles. The van der Waals surface area contributed by atoms with Gasteiger partial charge in [0.15, 0.2) is 0 Å². The Morgan fingerprint density at radius 2 is 2.33 bits per heavy atom. The topological polar surface area (TPSA) is 38.1 Å². The molecule has 0 bridgehead atoms. The molecule has 0 radical (unpaired) electrons. The molecule has 1 aromatic rings. The molecule has 0 saturated carbocycles. The van der Waals surface area contributed by atoms with Crippen LogP contribution in [0.25, 0.3) is 0 Å². The molecule has 0 aliphatic carbocycles. The number of aromatic nitrogens is 2. The first-order chi connectivity index (χ1) is 5.52. The van der Waals surface area contributed by atoms with E-state index >= 15 is 0 Å². The average molecular weight is 188 g/mol. The van der Waals surface area contributed by atoms with Crippen LogP contribution in [0, 0.1) is 6.92 Å². The van der Waals surface area contributed by atoms with Gasteiger partial charge < -0.3 is 0 Å². The van der Waals surface area contributed by atoms with Crippen molar-refractivity contribution >= 4 is 22.8 Å². The Balaban J connectivity index is 3.02. The first-order valence-electron chi connectivity index (χ1n) is 3.46. The Kier molecular flexibility index (Phi) is 2.38. The molecule has 0 fully saturated rings. The molecule has 4 nitrogen and oxygen atoms in total. The zero-order chi connectivity index (χ0) is 9.30. The quantitative estimate of drug-likeness (QED) is 0.494. The highest BCUT2D eigenvalue weighted by atomic mass is 35.5. The summed E-state index contributed by atoms with van der Waals surface area (Å²) in [6.07, 6.45) is 0. The van der Waals surface area contributed by atoms with Crippen molar-refractivity contribution in [2.45, 2.75) is 6.92 Å². The molecule has 5 heteroatoms. The number of aryl methyl sites for hydroxylation is 2. The number of anilines is 1. The van der Waals surface area contributed by atoms with Crippen LogP contribution >= 0.6 is 11.6 Å². The van der Waals surface area contributed by atoms with Gasteiger partial charge in [-0.25, -0.2) is 0 Å². The third-order valence-corrected chi connectivity index (χ3v) is 1.84. The molecule has 0 saturated heterocycles. The second kappa shape index (κ2) is 3.15.